The summed E-state index contributed by atoms with van der Waals surface area (Å²) in [5.74, 6) is -1.10. The van der Waals surface area contributed by atoms with Crippen LogP contribution in [-0.2, 0) is 23.7 Å². The Labute approximate surface area is 154 Å². The predicted molar refractivity (Wildman–Crippen MR) is 100 cm³/mol. The molecule has 1 heterocycles. The number of aromatic nitrogens is 2. The molecule has 1 aromatic heterocycles. The Morgan fingerprint density at radius 1 is 1.23 bits per heavy atom. The van der Waals surface area contributed by atoms with Crippen LogP contribution in [0.5, 0.6) is 0 Å². The van der Waals surface area contributed by atoms with Crippen LogP contribution < -0.4 is 5.32 Å². The predicted octanol–water partition coefficient (Wildman–Crippen LogP) is 2.92. The van der Waals surface area contributed by atoms with Gasteiger partial charge in [-0.15, -0.1) is 0 Å². The van der Waals surface area contributed by atoms with E-state index in [-0.39, 0.29) is 23.8 Å². The minimum Gasteiger partial charge on any atom is -0.481 e. The minimum atomic E-state index is -0.868. The summed E-state index contributed by atoms with van der Waals surface area (Å²) in [5.41, 5.74) is 2.23. The molecule has 2 N–H and O–H groups in total. The molecule has 2 aromatic rings. The summed E-state index contributed by atoms with van der Waals surface area (Å²) in [6.07, 6.45) is 0.972. The second-order valence-corrected chi connectivity index (χ2v) is 7.58. The average molecular weight is 357 g/mol. The normalized spacial score (nSPS) is 12.6. The van der Waals surface area contributed by atoms with E-state index in [1.807, 2.05) is 51.1 Å². The summed E-state index contributed by atoms with van der Waals surface area (Å²) in [7, 11) is 1.74. The van der Waals surface area contributed by atoms with Gasteiger partial charge in [0.25, 0.3) is 5.91 Å². The van der Waals surface area contributed by atoms with Gasteiger partial charge in [0.15, 0.2) is 0 Å². The highest BCUT2D eigenvalue weighted by Gasteiger charge is 2.23. The molecule has 0 fully saturated rings. The summed E-state index contributed by atoms with van der Waals surface area (Å²) < 4.78 is 1.58. The topological polar surface area (TPSA) is 84.2 Å². The van der Waals surface area contributed by atoms with E-state index in [0.29, 0.717) is 18.5 Å². The van der Waals surface area contributed by atoms with Crippen LogP contribution in [0.15, 0.2) is 36.4 Å². The Bertz CT molecular complexity index is 760. The molecular weight excluding hydrogens is 330 g/mol. The van der Waals surface area contributed by atoms with Gasteiger partial charge in [-0.1, -0.05) is 51.1 Å². The summed E-state index contributed by atoms with van der Waals surface area (Å²) in [6.45, 7) is 6.13. The zero-order valence-corrected chi connectivity index (χ0v) is 15.8. The van der Waals surface area contributed by atoms with Crippen molar-refractivity contribution in [1.29, 1.82) is 0 Å². The molecule has 0 radical (unpaired) electrons. The molecule has 0 spiro atoms. The third-order valence-electron chi connectivity index (χ3n) is 4.25. The zero-order valence-electron chi connectivity index (χ0n) is 15.8. The maximum absolute atomic E-state index is 12.7. The number of carbonyl (C=O) groups excluding carboxylic acids is 1. The molecule has 1 aromatic carbocycles. The van der Waals surface area contributed by atoms with Crippen molar-refractivity contribution in [2.45, 2.75) is 51.5 Å². The molecule has 0 bridgehead atoms. The molecule has 2 rings (SSSR count). The van der Waals surface area contributed by atoms with Gasteiger partial charge in [-0.05, 0) is 24.5 Å². The first-order chi connectivity index (χ1) is 12.2. The van der Waals surface area contributed by atoms with E-state index in [2.05, 4.69) is 10.4 Å². The van der Waals surface area contributed by atoms with Gasteiger partial charge in [0, 0.05) is 24.9 Å². The highest BCUT2D eigenvalue weighted by Crippen LogP contribution is 2.21. The van der Waals surface area contributed by atoms with Crippen molar-refractivity contribution in [2.24, 2.45) is 7.05 Å². The minimum absolute atomic E-state index is 0.0103. The van der Waals surface area contributed by atoms with Crippen LogP contribution in [0, 0.1) is 0 Å². The van der Waals surface area contributed by atoms with Crippen LogP contribution >= 0.6 is 0 Å². The van der Waals surface area contributed by atoms with Crippen molar-refractivity contribution in [3.8, 4) is 0 Å². The van der Waals surface area contributed by atoms with Gasteiger partial charge in [-0.2, -0.15) is 5.10 Å². The fourth-order valence-electron chi connectivity index (χ4n) is 2.73. The highest BCUT2D eigenvalue weighted by molar-refractivity contribution is 5.93. The first-order valence-corrected chi connectivity index (χ1v) is 8.78. The molecule has 0 aliphatic heterocycles. The molecule has 6 heteroatoms. The molecule has 0 saturated heterocycles. The van der Waals surface area contributed by atoms with Gasteiger partial charge < -0.3 is 10.4 Å². The zero-order chi connectivity index (χ0) is 19.3. The number of aliphatic carboxylic acids is 1. The van der Waals surface area contributed by atoms with Crippen molar-refractivity contribution >= 4 is 11.9 Å². The number of carboxylic acid groups (broad SMARTS) is 1. The van der Waals surface area contributed by atoms with Crippen LogP contribution in [-0.4, -0.2) is 32.8 Å². The Kier molecular flexibility index (Phi) is 6.18. The molecule has 1 unspecified atom stereocenters. The van der Waals surface area contributed by atoms with Crippen molar-refractivity contribution in [2.75, 3.05) is 0 Å². The molecule has 26 heavy (non-hydrogen) atoms. The van der Waals surface area contributed by atoms with Crippen LogP contribution in [0.2, 0.25) is 0 Å². The van der Waals surface area contributed by atoms with E-state index < -0.39 is 5.97 Å². The van der Waals surface area contributed by atoms with Crippen LogP contribution in [0.1, 0.15) is 55.4 Å². The third-order valence-corrected chi connectivity index (χ3v) is 4.25. The standard InChI is InChI=1S/C20H27N3O3/c1-20(2,3)17-13-16(23(4)22-17)19(26)21-15(10-11-18(24)25)12-14-8-6-5-7-9-14/h5-9,13,15H,10-12H2,1-4H3,(H,21,26)(H,24,25). The molecule has 140 valence electrons. The number of hydrogen-bond donors (Lipinski definition) is 2. The van der Waals surface area contributed by atoms with Gasteiger partial charge in [0.2, 0.25) is 0 Å². The fraction of sp³-hybridized carbons (Fsp3) is 0.450. The number of carboxylic acids is 1. The molecule has 0 saturated carbocycles. The number of carbonyl (C=O) groups is 2. The number of aryl methyl sites for hydroxylation is 1. The summed E-state index contributed by atoms with van der Waals surface area (Å²) in [6, 6.07) is 11.3. The number of amides is 1. The van der Waals surface area contributed by atoms with Gasteiger partial charge in [0.05, 0.1) is 5.69 Å². The Morgan fingerprint density at radius 3 is 2.42 bits per heavy atom. The Hall–Kier alpha value is -2.63. The maximum Gasteiger partial charge on any atom is 0.303 e. The largest absolute Gasteiger partial charge is 0.481 e. The van der Waals surface area contributed by atoms with Crippen molar-refractivity contribution in [1.82, 2.24) is 15.1 Å². The van der Waals surface area contributed by atoms with Crippen molar-refractivity contribution < 1.29 is 14.7 Å². The molecule has 1 amide bonds. The molecular formula is C20H27N3O3. The smallest absolute Gasteiger partial charge is 0.303 e. The summed E-state index contributed by atoms with van der Waals surface area (Å²) >= 11 is 0. The lowest BCUT2D eigenvalue weighted by Crippen LogP contribution is -2.37. The Balaban J connectivity index is 2.14. The summed E-state index contributed by atoms with van der Waals surface area (Å²) in [5, 5.41) is 16.4. The van der Waals surface area contributed by atoms with E-state index in [9.17, 15) is 9.59 Å². The Morgan fingerprint density at radius 2 is 1.88 bits per heavy atom. The molecule has 0 aliphatic carbocycles. The van der Waals surface area contributed by atoms with E-state index in [1.165, 1.54) is 0 Å². The molecule has 0 aliphatic rings. The first kappa shape index (κ1) is 19.7. The van der Waals surface area contributed by atoms with Crippen LogP contribution in [0.25, 0.3) is 0 Å². The van der Waals surface area contributed by atoms with Gasteiger partial charge in [-0.3, -0.25) is 14.3 Å². The van der Waals surface area contributed by atoms with Crippen LogP contribution in [0.4, 0.5) is 0 Å². The van der Waals surface area contributed by atoms with Gasteiger partial charge in [0.1, 0.15) is 5.69 Å². The lowest BCUT2D eigenvalue weighted by atomic mass is 9.92. The number of nitrogens with one attached hydrogen (secondary N) is 1. The maximum atomic E-state index is 12.7. The average Bonchev–Trinajstić information content (AvgIpc) is 2.96. The second kappa shape index (κ2) is 8.17. The van der Waals surface area contributed by atoms with Crippen molar-refractivity contribution in [3.05, 3.63) is 53.3 Å². The van der Waals surface area contributed by atoms with E-state index >= 15 is 0 Å². The number of nitrogens with zero attached hydrogens (tertiary/aromatic N) is 2. The summed E-state index contributed by atoms with van der Waals surface area (Å²) in [4.78, 5) is 23.7. The van der Waals surface area contributed by atoms with E-state index in [4.69, 9.17) is 5.11 Å². The lowest BCUT2D eigenvalue weighted by Gasteiger charge is -2.18. The number of hydrogen-bond acceptors (Lipinski definition) is 3. The van der Waals surface area contributed by atoms with Gasteiger partial charge >= 0.3 is 5.97 Å². The van der Waals surface area contributed by atoms with Gasteiger partial charge in [-0.25, -0.2) is 0 Å². The monoisotopic (exact) mass is 357 g/mol. The third kappa shape index (κ3) is 5.44. The van der Waals surface area contributed by atoms with Crippen molar-refractivity contribution in [3.63, 3.8) is 0 Å². The fourth-order valence-corrected chi connectivity index (χ4v) is 2.73. The quantitative estimate of drug-likeness (QED) is 0.798. The number of rotatable bonds is 7. The second-order valence-electron chi connectivity index (χ2n) is 7.58. The van der Waals surface area contributed by atoms with E-state index in [0.717, 1.165) is 11.3 Å². The number of benzene rings is 1. The first-order valence-electron chi connectivity index (χ1n) is 8.78. The van der Waals surface area contributed by atoms with E-state index in [1.54, 1.807) is 17.8 Å². The SMILES string of the molecule is Cn1nc(C(C)(C)C)cc1C(=O)NC(CCC(=O)O)Cc1ccccc1. The highest BCUT2D eigenvalue weighted by atomic mass is 16.4. The molecule has 6 nitrogen and oxygen atoms in total. The lowest BCUT2D eigenvalue weighted by molar-refractivity contribution is -0.137. The van der Waals surface area contributed by atoms with Crippen LogP contribution in [0.3, 0.4) is 0 Å². The molecule has 1 atom stereocenters.